The number of imidazole rings is 1. The third-order valence-corrected chi connectivity index (χ3v) is 3.61. The number of rotatable bonds is 4. The highest BCUT2D eigenvalue weighted by molar-refractivity contribution is 5.56. The van der Waals surface area contributed by atoms with Gasteiger partial charge in [0.1, 0.15) is 5.82 Å². The molecule has 2 N–H and O–H groups in total. The van der Waals surface area contributed by atoms with E-state index in [1.807, 2.05) is 12.4 Å². The molecule has 0 atom stereocenters. The molecular formula is C18H19N3. The second kappa shape index (κ2) is 5.94. The van der Waals surface area contributed by atoms with Crippen molar-refractivity contribution in [3.05, 3.63) is 77.6 Å². The predicted molar refractivity (Wildman–Crippen MR) is 85.8 cm³/mol. The standard InChI is InChI=1S/C18H19N3/c1-14-5-7-17(8-6-14)18-20-9-10-21(18)13-16-4-2-3-15(11-16)12-19/h2-11H,12-13,19H2,1H3. The molecule has 1 heterocycles. The van der Waals surface area contributed by atoms with Gasteiger partial charge in [-0.2, -0.15) is 0 Å². The van der Waals surface area contributed by atoms with Crippen molar-refractivity contribution in [1.82, 2.24) is 9.55 Å². The van der Waals surface area contributed by atoms with Crippen LogP contribution in [-0.4, -0.2) is 9.55 Å². The van der Waals surface area contributed by atoms with Crippen LogP contribution in [0.15, 0.2) is 60.9 Å². The summed E-state index contributed by atoms with van der Waals surface area (Å²) in [5, 5.41) is 0. The largest absolute Gasteiger partial charge is 0.327 e. The summed E-state index contributed by atoms with van der Waals surface area (Å²) in [6, 6.07) is 16.8. The third kappa shape index (κ3) is 3.03. The quantitative estimate of drug-likeness (QED) is 0.794. The molecule has 106 valence electrons. The Morgan fingerprint density at radius 1 is 1.05 bits per heavy atom. The molecule has 0 aliphatic rings. The number of aromatic nitrogens is 2. The molecule has 0 saturated carbocycles. The Morgan fingerprint density at radius 3 is 2.57 bits per heavy atom. The molecule has 2 aromatic carbocycles. The maximum Gasteiger partial charge on any atom is 0.140 e. The maximum absolute atomic E-state index is 5.71. The van der Waals surface area contributed by atoms with Crippen molar-refractivity contribution in [2.75, 3.05) is 0 Å². The third-order valence-electron chi connectivity index (χ3n) is 3.61. The zero-order chi connectivity index (χ0) is 14.7. The lowest BCUT2D eigenvalue weighted by molar-refractivity contribution is 0.805. The highest BCUT2D eigenvalue weighted by Gasteiger charge is 2.06. The van der Waals surface area contributed by atoms with E-state index in [2.05, 4.69) is 65.0 Å². The predicted octanol–water partition coefficient (Wildman–Crippen LogP) is 3.37. The molecule has 21 heavy (non-hydrogen) atoms. The van der Waals surface area contributed by atoms with Crippen molar-refractivity contribution >= 4 is 0 Å². The van der Waals surface area contributed by atoms with Gasteiger partial charge in [0.15, 0.2) is 0 Å². The van der Waals surface area contributed by atoms with Crippen LogP contribution in [0, 0.1) is 6.92 Å². The Balaban J connectivity index is 1.90. The van der Waals surface area contributed by atoms with E-state index >= 15 is 0 Å². The molecule has 0 aliphatic carbocycles. The van der Waals surface area contributed by atoms with Gasteiger partial charge in [-0.1, -0.05) is 54.1 Å². The van der Waals surface area contributed by atoms with Crippen LogP contribution in [0.1, 0.15) is 16.7 Å². The van der Waals surface area contributed by atoms with E-state index < -0.39 is 0 Å². The molecule has 0 aliphatic heterocycles. The molecule has 0 bridgehead atoms. The van der Waals surface area contributed by atoms with E-state index in [1.165, 1.54) is 11.1 Å². The average Bonchev–Trinajstić information content (AvgIpc) is 2.96. The van der Waals surface area contributed by atoms with Crippen LogP contribution in [0.5, 0.6) is 0 Å². The Kier molecular flexibility index (Phi) is 3.84. The Morgan fingerprint density at radius 2 is 1.81 bits per heavy atom. The van der Waals surface area contributed by atoms with Gasteiger partial charge in [-0.3, -0.25) is 0 Å². The van der Waals surface area contributed by atoms with Gasteiger partial charge in [0.25, 0.3) is 0 Å². The van der Waals surface area contributed by atoms with E-state index in [9.17, 15) is 0 Å². The first-order valence-electron chi connectivity index (χ1n) is 7.12. The summed E-state index contributed by atoms with van der Waals surface area (Å²) in [6.07, 6.45) is 3.87. The summed E-state index contributed by atoms with van der Waals surface area (Å²) >= 11 is 0. The first kappa shape index (κ1) is 13.6. The number of aryl methyl sites for hydroxylation is 1. The first-order valence-corrected chi connectivity index (χ1v) is 7.12. The smallest absolute Gasteiger partial charge is 0.140 e. The van der Waals surface area contributed by atoms with Gasteiger partial charge in [-0.25, -0.2) is 4.98 Å². The molecule has 0 unspecified atom stereocenters. The maximum atomic E-state index is 5.71. The minimum Gasteiger partial charge on any atom is -0.327 e. The number of hydrogen-bond donors (Lipinski definition) is 1. The molecule has 3 rings (SSSR count). The summed E-state index contributed by atoms with van der Waals surface area (Å²) in [5.74, 6) is 0.994. The van der Waals surface area contributed by atoms with Crippen molar-refractivity contribution in [2.24, 2.45) is 5.73 Å². The van der Waals surface area contributed by atoms with Crippen LogP contribution in [0.4, 0.5) is 0 Å². The van der Waals surface area contributed by atoms with Crippen LogP contribution < -0.4 is 5.73 Å². The summed E-state index contributed by atoms with van der Waals surface area (Å²) in [5.41, 5.74) is 10.5. The van der Waals surface area contributed by atoms with Crippen LogP contribution in [0.2, 0.25) is 0 Å². The normalized spacial score (nSPS) is 10.8. The van der Waals surface area contributed by atoms with Gasteiger partial charge in [0.05, 0.1) is 0 Å². The SMILES string of the molecule is Cc1ccc(-c2nccn2Cc2cccc(CN)c2)cc1. The fourth-order valence-corrected chi connectivity index (χ4v) is 2.45. The lowest BCUT2D eigenvalue weighted by atomic mass is 10.1. The second-order valence-electron chi connectivity index (χ2n) is 5.27. The fraction of sp³-hybridized carbons (Fsp3) is 0.167. The van der Waals surface area contributed by atoms with Gasteiger partial charge in [0, 0.05) is 31.0 Å². The number of nitrogens with two attached hydrogens (primary N) is 1. The zero-order valence-electron chi connectivity index (χ0n) is 12.2. The number of nitrogens with zero attached hydrogens (tertiary/aromatic N) is 2. The van der Waals surface area contributed by atoms with E-state index in [0.717, 1.165) is 23.5 Å². The molecule has 3 nitrogen and oxygen atoms in total. The first-order chi connectivity index (χ1) is 10.3. The van der Waals surface area contributed by atoms with E-state index in [0.29, 0.717) is 6.54 Å². The van der Waals surface area contributed by atoms with Crippen molar-refractivity contribution in [1.29, 1.82) is 0 Å². The van der Waals surface area contributed by atoms with Crippen molar-refractivity contribution in [2.45, 2.75) is 20.0 Å². The Bertz CT molecular complexity index is 726. The summed E-state index contributed by atoms with van der Waals surface area (Å²) in [4.78, 5) is 4.49. The Labute approximate surface area is 125 Å². The monoisotopic (exact) mass is 277 g/mol. The number of benzene rings is 2. The molecular weight excluding hydrogens is 258 g/mol. The van der Waals surface area contributed by atoms with Crippen molar-refractivity contribution in [3.63, 3.8) is 0 Å². The number of hydrogen-bond acceptors (Lipinski definition) is 2. The van der Waals surface area contributed by atoms with E-state index in [-0.39, 0.29) is 0 Å². The van der Waals surface area contributed by atoms with Crippen molar-refractivity contribution < 1.29 is 0 Å². The van der Waals surface area contributed by atoms with Crippen LogP contribution >= 0.6 is 0 Å². The van der Waals surface area contributed by atoms with Gasteiger partial charge in [0.2, 0.25) is 0 Å². The minimum atomic E-state index is 0.572. The zero-order valence-corrected chi connectivity index (χ0v) is 12.2. The van der Waals surface area contributed by atoms with E-state index in [4.69, 9.17) is 5.73 Å². The average molecular weight is 277 g/mol. The molecule has 0 radical (unpaired) electrons. The highest BCUT2D eigenvalue weighted by Crippen LogP contribution is 2.19. The molecule has 0 fully saturated rings. The van der Waals surface area contributed by atoms with Gasteiger partial charge in [-0.15, -0.1) is 0 Å². The topological polar surface area (TPSA) is 43.8 Å². The van der Waals surface area contributed by atoms with Crippen LogP contribution in [0.3, 0.4) is 0 Å². The Hall–Kier alpha value is -2.39. The van der Waals surface area contributed by atoms with Crippen LogP contribution in [0.25, 0.3) is 11.4 Å². The fourth-order valence-electron chi connectivity index (χ4n) is 2.45. The molecule has 3 heteroatoms. The molecule has 0 amide bonds. The second-order valence-corrected chi connectivity index (χ2v) is 5.27. The minimum absolute atomic E-state index is 0.572. The van der Waals surface area contributed by atoms with Gasteiger partial charge >= 0.3 is 0 Å². The van der Waals surface area contributed by atoms with Crippen molar-refractivity contribution in [3.8, 4) is 11.4 Å². The van der Waals surface area contributed by atoms with Gasteiger partial charge < -0.3 is 10.3 Å². The summed E-state index contributed by atoms with van der Waals surface area (Å²) in [7, 11) is 0. The lowest BCUT2D eigenvalue weighted by Gasteiger charge is -2.09. The summed E-state index contributed by atoms with van der Waals surface area (Å²) < 4.78 is 2.17. The van der Waals surface area contributed by atoms with Crippen LogP contribution in [-0.2, 0) is 13.1 Å². The molecule has 1 aromatic heterocycles. The van der Waals surface area contributed by atoms with Gasteiger partial charge in [-0.05, 0) is 18.1 Å². The van der Waals surface area contributed by atoms with E-state index in [1.54, 1.807) is 0 Å². The molecule has 3 aromatic rings. The highest BCUT2D eigenvalue weighted by atomic mass is 15.1. The lowest BCUT2D eigenvalue weighted by Crippen LogP contribution is -2.03. The molecule has 0 saturated heterocycles. The summed E-state index contributed by atoms with van der Waals surface area (Å²) in [6.45, 7) is 3.47. The molecule has 0 spiro atoms.